The maximum absolute atomic E-state index is 11.8. The summed E-state index contributed by atoms with van der Waals surface area (Å²) in [5, 5.41) is 5.86. The molecule has 0 saturated heterocycles. The van der Waals surface area contributed by atoms with Gasteiger partial charge in [-0.25, -0.2) is 8.42 Å². The van der Waals surface area contributed by atoms with Crippen molar-refractivity contribution in [3.63, 3.8) is 0 Å². The fourth-order valence-electron chi connectivity index (χ4n) is 1.61. The molecule has 0 aromatic heterocycles. The molecule has 7 heteroatoms. The minimum absolute atomic E-state index is 0.128. The molecule has 21 heavy (non-hydrogen) atoms. The van der Waals surface area contributed by atoms with Crippen LogP contribution >= 0.6 is 0 Å². The predicted octanol–water partition coefficient (Wildman–Crippen LogP) is 1.69. The van der Waals surface area contributed by atoms with Crippen LogP contribution in [0.2, 0.25) is 0 Å². The summed E-state index contributed by atoms with van der Waals surface area (Å²) >= 11 is 0. The summed E-state index contributed by atoms with van der Waals surface area (Å²) in [6, 6.07) is 5.02. The molecule has 0 heterocycles. The van der Waals surface area contributed by atoms with Gasteiger partial charge in [0.15, 0.2) is 0 Å². The Kier molecular flexibility index (Phi) is 5.36. The van der Waals surface area contributed by atoms with E-state index in [9.17, 15) is 13.2 Å². The van der Waals surface area contributed by atoms with E-state index >= 15 is 0 Å². The smallest absolute Gasteiger partial charge is 0.238 e. The monoisotopic (exact) mass is 313 g/mol. The molecule has 0 bridgehead atoms. The van der Waals surface area contributed by atoms with Crippen molar-refractivity contribution in [3.05, 3.63) is 23.8 Å². The van der Waals surface area contributed by atoms with Crippen LogP contribution in [-0.2, 0) is 14.8 Å². The van der Waals surface area contributed by atoms with Crippen molar-refractivity contribution in [2.75, 3.05) is 22.8 Å². The largest absolute Gasteiger partial charge is 0.325 e. The van der Waals surface area contributed by atoms with E-state index in [1.165, 1.54) is 0 Å². The zero-order valence-corrected chi connectivity index (χ0v) is 13.9. The molecule has 0 fully saturated rings. The highest BCUT2D eigenvalue weighted by molar-refractivity contribution is 7.92. The molecule has 0 aliphatic heterocycles. The minimum atomic E-state index is -3.31. The number of hydrogen-bond donors (Lipinski definition) is 3. The maximum atomic E-state index is 11.8. The molecule has 0 saturated carbocycles. The quantitative estimate of drug-likeness (QED) is 0.772. The van der Waals surface area contributed by atoms with Crippen LogP contribution in [0.4, 0.5) is 11.4 Å². The number of carbonyl (C=O) groups is 1. The first-order chi connectivity index (χ1) is 9.46. The van der Waals surface area contributed by atoms with Crippen molar-refractivity contribution >= 4 is 27.3 Å². The lowest BCUT2D eigenvalue weighted by atomic mass is 10.1. The fraction of sp³-hybridized carbons (Fsp3) is 0.500. The Hall–Kier alpha value is -1.60. The predicted molar refractivity (Wildman–Crippen MR) is 86.0 cm³/mol. The van der Waals surface area contributed by atoms with E-state index < -0.39 is 10.0 Å². The summed E-state index contributed by atoms with van der Waals surface area (Å²) in [7, 11) is -3.31. The van der Waals surface area contributed by atoms with Crippen molar-refractivity contribution < 1.29 is 13.2 Å². The maximum Gasteiger partial charge on any atom is 0.238 e. The first-order valence-electron chi connectivity index (χ1n) is 6.59. The van der Waals surface area contributed by atoms with E-state index in [0.29, 0.717) is 11.4 Å². The van der Waals surface area contributed by atoms with Gasteiger partial charge in [-0.1, -0.05) is 0 Å². The molecular formula is C14H23N3O3S. The van der Waals surface area contributed by atoms with Gasteiger partial charge in [-0.05, 0) is 51.5 Å². The van der Waals surface area contributed by atoms with Crippen molar-refractivity contribution in [1.82, 2.24) is 5.32 Å². The third-order valence-corrected chi connectivity index (χ3v) is 3.18. The highest BCUT2D eigenvalue weighted by Gasteiger charge is 2.12. The van der Waals surface area contributed by atoms with Crippen molar-refractivity contribution in [3.8, 4) is 0 Å². The Balaban J connectivity index is 2.70. The van der Waals surface area contributed by atoms with Crippen LogP contribution < -0.4 is 15.4 Å². The first kappa shape index (κ1) is 17.5. The van der Waals surface area contributed by atoms with Gasteiger partial charge in [0.25, 0.3) is 0 Å². The molecule has 118 valence electrons. The van der Waals surface area contributed by atoms with Crippen LogP contribution in [0, 0.1) is 6.92 Å². The third-order valence-electron chi connectivity index (χ3n) is 2.58. The fourth-order valence-corrected chi connectivity index (χ4v) is 2.23. The van der Waals surface area contributed by atoms with Gasteiger partial charge in [0, 0.05) is 11.2 Å². The zero-order valence-electron chi connectivity index (χ0n) is 13.1. The number of aryl methyl sites for hydroxylation is 1. The van der Waals surface area contributed by atoms with Crippen molar-refractivity contribution in [2.24, 2.45) is 0 Å². The van der Waals surface area contributed by atoms with E-state index in [0.717, 1.165) is 11.8 Å². The van der Waals surface area contributed by atoms with Gasteiger partial charge in [-0.3, -0.25) is 9.52 Å². The standard InChI is InChI=1S/C14H23N3O3S/c1-10-8-11(6-7-12(10)17-21(5,19)20)16-13(18)9-15-14(2,3)4/h6-8,15,17H,9H2,1-5H3,(H,16,18). The molecule has 0 spiro atoms. The van der Waals surface area contributed by atoms with E-state index in [4.69, 9.17) is 0 Å². The number of benzene rings is 1. The second kappa shape index (κ2) is 6.44. The number of anilines is 2. The first-order valence-corrected chi connectivity index (χ1v) is 8.49. The summed E-state index contributed by atoms with van der Waals surface area (Å²) in [5.74, 6) is -0.145. The molecule has 1 aromatic rings. The van der Waals surface area contributed by atoms with E-state index in [2.05, 4.69) is 15.4 Å². The number of hydrogen-bond acceptors (Lipinski definition) is 4. The van der Waals surface area contributed by atoms with Gasteiger partial charge in [0.05, 0.1) is 18.5 Å². The van der Waals surface area contributed by atoms with Gasteiger partial charge in [-0.2, -0.15) is 0 Å². The van der Waals surface area contributed by atoms with Gasteiger partial charge in [-0.15, -0.1) is 0 Å². The molecule has 6 nitrogen and oxygen atoms in total. The number of nitrogens with one attached hydrogen (secondary N) is 3. The highest BCUT2D eigenvalue weighted by atomic mass is 32.2. The topological polar surface area (TPSA) is 87.3 Å². The van der Waals surface area contributed by atoms with Crippen molar-refractivity contribution in [1.29, 1.82) is 0 Å². The Morgan fingerprint density at radius 3 is 2.33 bits per heavy atom. The third kappa shape index (κ3) is 7.10. The van der Waals surface area contributed by atoms with Crippen molar-refractivity contribution in [2.45, 2.75) is 33.2 Å². The molecular weight excluding hydrogens is 290 g/mol. The molecule has 0 aliphatic carbocycles. The summed E-state index contributed by atoms with van der Waals surface area (Å²) < 4.78 is 24.8. The van der Waals surface area contributed by atoms with Crippen LogP contribution in [0.15, 0.2) is 18.2 Å². The average Bonchev–Trinajstić information content (AvgIpc) is 2.28. The molecule has 0 atom stereocenters. The van der Waals surface area contributed by atoms with Crippen LogP contribution in [-0.4, -0.2) is 32.7 Å². The Labute approximate surface area is 126 Å². The van der Waals surface area contributed by atoms with Gasteiger partial charge in [0.1, 0.15) is 0 Å². The van der Waals surface area contributed by atoms with Crippen LogP contribution in [0.5, 0.6) is 0 Å². The molecule has 1 amide bonds. The van der Waals surface area contributed by atoms with Crippen LogP contribution in [0.3, 0.4) is 0 Å². The average molecular weight is 313 g/mol. The Bertz CT molecular complexity index is 619. The number of sulfonamides is 1. The lowest BCUT2D eigenvalue weighted by Gasteiger charge is -2.20. The molecule has 3 N–H and O–H groups in total. The molecule has 0 unspecified atom stereocenters. The number of rotatable bonds is 5. The normalized spacial score (nSPS) is 12.0. The summed E-state index contributed by atoms with van der Waals surface area (Å²) in [5.41, 5.74) is 1.74. The van der Waals surface area contributed by atoms with E-state index in [1.54, 1.807) is 25.1 Å². The summed E-state index contributed by atoms with van der Waals surface area (Å²) in [6.45, 7) is 7.94. The zero-order chi connectivity index (χ0) is 16.3. The van der Waals surface area contributed by atoms with Gasteiger partial charge in [0.2, 0.25) is 15.9 Å². The molecule has 1 aromatic carbocycles. The molecule has 1 rings (SSSR count). The van der Waals surface area contributed by atoms with Crippen LogP contribution in [0.25, 0.3) is 0 Å². The lowest BCUT2D eigenvalue weighted by molar-refractivity contribution is -0.115. The Morgan fingerprint density at radius 1 is 1.24 bits per heavy atom. The number of carbonyl (C=O) groups excluding carboxylic acids is 1. The van der Waals surface area contributed by atoms with Crippen LogP contribution in [0.1, 0.15) is 26.3 Å². The molecule has 0 aliphatic rings. The second-order valence-electron chi connectivity index (χ2n) is 6.06. The lowest BCUT2D eigenvalue weighted by Crippen LogP contribution is -2.41. The summed E-state index contributed by atoms with van der Waals surface area (Å²) in [4.78, 5) is 11.8. The molecule has 0 radical (unpaired) electrons. The minimum Gasteiger partial charge on any atom is -0.325 e. The SMILES string of the molecule is Cc1cc(NC(=O)CNC(C)(C)C)ccc1NS(C)(=O)=O. The Morgan fingerprint density at radius 2 is 1.86 bits per heavy atom. The highest BCUT2D eigenvalue weighted by Crippen LogP contribution is 2.20. The second-order valence-corrected chi connectivity index (χ2v) is 7.80. The van der Waals surface area contributed by atoms with E-state index in [-0.39, 0.29) is 18.0 Å². The van der Waals surface area contributed by atoms with Gasteiger partial charge < -0.3 is 10.6 Å². The summed E-state index contributed by atoms with van der Waals surface area (Å²) in [6.07, 6.45) is 1.10. The van der Waals surface area contributed by atoms with E-state index in [1.807, 2.05) is 20.8 Å². The number of amides is 1. The van der Waals surface area contributed by atoms with Gasteiger partial charge >= 0.3 is 0 Å².